The molecule has 1 fully saturated rings. The molecule has 1 aromatic carbocycles. The van der Waals surface area contributed by atoms with Crippen molar-refractivity contribution >= 4 is 0 Å². The zero-order chi connectivity index (χ0) is 12.3. The molecule has 1 saturated carbocycles. The first-order valence-electron chi connectivity index (χ1n) is 6.16. The zero-order valence-electron chi connectivity index (χ0n) is 10.0. The Bertz CT molecular complexity index is 436. The highest BCUT2D eigenvalue weighted by molar-refractivity contribution is 5.32. The average Bonchev–Trinajstić information content (AvgIpc) is 3.06. The lowest BCUT2D eigenvalue weighted by Crippen LogP contribution is -2.18. The Balaban J connectivity index is 1.86. The number of halogens is 1. The van der Waals surface area contributed by atoms with E-state index in [1.165, 1.54) is 25.3 Å². The lowest BCUT2D eigenvalue weighted by atomic mass is 10.1. The largest absolute Gasteiger partial charge is 0.310 e. The molecule has 0 spiro atoms. The fourth-order valence-corrected chi connectivity index (χ4v) is 2.19. The second-order valence-electron chi connectivity index (χ2n) is 4.69. The Morgan fingerprint density at radius 2 is 2.35 bits per heavy atom. The molecule has 1 aromatic rings. The zero-order valence-corrected chi connectivity index (χ0v) is 10.0. The summed E-state index contributed by atoms with van der Waals surface area (Å²) in [6, 6.07) is 7.15. The van der Waals surface area contributed by atoms with Gasteiger partial charge in [-0.15, -0.1) is 0 Å². The lowest BCUT2D eigenvalue weighted by Gasteiger charge is -2.05. The maximum Gasteiger partial charge on any atom is 0.129 e. The number of nitriles is 1. The third-order valence-corrected chi connectivity index (χ3v) is 3.32. The summed E-state index contributed by atoms with van der Waals surface area (Å²) in [6.07, 6.45) is 3.69. The Kier molecular flexibility index (Phi) is 3.75. The first-order valence-corrected chi connectivity index (χ1v) is 6.16. The molecule has 2 rings (SSSR count). The van der Waals surface area contributed by atoms with Crippen LogP contribution in [0.5, 0.6) is 0 Å². The van der Waals surface area contributed by atoms with Crippen LogP contribution in [0, 0.1) is 23.1 Å². The molecule has 0 bridgehead atoms. The molecule has 2 nitrogen and oxygen atoms in total. The van der Waals surface area contributed by atoms with Crippen molar-refractivity contribution < 1.29 is 4.39 Å². The quantitative estimate of drug-likeness (QED) is 0.847. The van der Waals surface area contributed by atoms with Crippen molar-refractivity contribution in [2.45, 2.75) is 38.8 Å². The Morgan fingerprint density at radius 3 is 3.00 bits per heavy atom. The first-order chi connectivity index (χ1) is 8.24. The van der Waals surface area contributed by atoms with E-state index in [0.29, 0.717) is 23.7 Å². The molecule has 0 radical (unpaired) electrons. The highest BCUT2D eigenvalue weighted by Crippen LogP contribution is 2.34. The first kappa shape index (κ1) is 12.1. The predicted octanol–water partition coefficient (Wildman–Crippen LogP) is 2.98. The molecule has 2 unspecified atom stereocenters. The van der Waals surface area contributed by atoms with Crippen LogP contribution in [0.3, 0.4) is 0 Å². The van der Waals surface area contributed by atoms with Crippen molar-refractivity contribution in [3.05, 3.63) is 35.1 Å². The van der Waals surface area contributed by atoms with Gasteiger partial charge >= 0.3 is 0 Å². The van der Waals surface area contributed by atoms with Crippen LogP contribution in [-0.4, -0.2) is 6.04 Å². The lowest BCUT2D eigenvalue weighted by molar-refractivity contribution is 0.565. The summed E-state index contributed by atoms with van der Waals surface area (Å²) in [6.45, 7) is 2.75. The number of hydrogen-bond acceptors (Lipinski definition) is 2. The number of hydrogen-bond donors (Lipinski definition) is 1. The minimum Gasteiger partial charge on any atom is -0.310 e. The van der Waals surface area contributed by atoms with Crippen molar-refractivity contribution in [2.75, 3.05) is 0 Å². The van der Waals surface area contributed by atoms with Crippen LogP contribution in [0.1, 0.15) is 37.3 Å². The van der Waals surface area contributed by atoms with Crippen LogP contribution in [0.4, 0.5) is 4.39 Å². The van der Waals surface area contributed by atoms with E-state index in [9.17, 15) is 4.39 Å². The second kappa shape index (κ2) is 5.29. The SMILES string of the molecule is CCCC1CC1NCc1ccc(C#N)cc1F. The fourth-order valence-electron chi connectivity index (χ4n) is 2.19. The molecule has 1 aliphatic rings. The molecular weight excluding hydrogens is 215 g/mol. The van der Waals surface area contributed by atoms with Gasteiger partial charge in [0.15, 0.2) is 0 Å². The maximum absolute atomic E-state index is 13.6. The van der Waals surface area contributed by atoms with Crippen LogP contribution in [0.2, 0.25) is 0 Å². The number of nitrogens with one attached hydrogen (secondary N) is 1. The van der Waals surface area contributed by atoms with Crippen molar-refractivity contribution in [1.82, 2.24) is 5.32 Å². The highest BCUT2D eigenvalue weighted by Gasteiger charge is 2.35. The highest BCUT2D eigenvalue weighted by atomic mass is 19.1. The summed E-state index contributed by atoms with van der Waals surface area (Å²) >= 11 is 0. The van der Waals surface area contributed by atoms with Gasteiger partial charge in [-0.3, -0.25) is 0 Å². The van der Waals surface area contributed by atoms with E-state index in [1.54, 1.807) is 12.1 Å². The van der Waals surface area contributed by atoms with Gasteiger partial charge in [0, 0.05) is 18.2 Å². The van der Waals surface area contributed by atoms with Crippen LogP contribution in [-0.2, 0) is 6.54 Å². The number of rotatable bonds is 5. The fraction of sp³-hybridized carbons (Fsp3) is 0.500. The van der Waals surface area contributed by atoms with Gasteiger partial charge in [-0.2, -0.15) is 5.26 Å². The van der Waals surface area contributed by atoms with E-state index in [0.717, 1.165) is 5.92 Å². The molecule has 3 heteroatoms. The smallest absolute Gasteiger partial charge is 0.129 e. The molecule has 1 N–H and O–H groups in total. The van der Waals surface area contributed by atoms with Gasteiger partial charge in [-0.25, -0.2) is 4.39 Å². The van der Waals surface area contributed by atoms with Gasteiger partial charge < -0.3 is 5.32 Å². The van der Waals surface area contributed by atoms with Crippen molar-refractivity contribution in [3.63, 3.8) is 0 Å². The van der Waals surface area contributed by atoms with Crippen molar-refractivity contribution in [1.29, 1.82) is 5.26 Å². The Morgan fingerprint density at radius 1 is 1.53 bits per heavy atom. The van der Waals surface area contributed by atoms with Crippen LogP contribution < -0.4 is 5.32 Å². The van der Waals surface area contributed by atoms with Crippen molar-refractivity contribution in [2.24, 2.45) is 5.92 Å². The minimum absolute atomic E-state index is 0.288. The van der Waals surface area contributed by atoms with E-state index >= 15 is 0 Å². The van der Waals surface area contributed by atoms with Gasteiger partial charge in [0.2, 0.25) is 0 Å². The van der Waals surface area contributed by atoms with Crippen LogP contribution >= 0.6 is 0 Å². The molecule has 0 amide bonds. The molecular formula is C14H17FN2. The summed E-state index contributed by atoms with van der Waals surface area (Å²) in [7, 11) is 0. The predicted molar refractivity (Wildman–Crippen MR) is 64.8 cm³/mol. The molecule has 17 heavy (non-hydrogen) atoms. The van der Waals surface area contributed by atoms with Gasteiger partial charge in [0.1, 0.15) is 5.82 Å². The third-order valence-electron chi connectivity index (χ3n) is 3.32. The number of nitrogens with zero attached hydrogens (tertiary/aromatic N) is 1. The molecule has 2 atom stereocenters. The standard InChI is InChI=1S/C14H17FN2/c1-2-3-11-7-14(11)17-9-12-5-4-10(8-16)6-13(12)15/h4-6,11,14,17H,2-3,7,9H2,1H3. The summed E-state index contributed by atoms with van der Waals surface area (Å²) in [5.41, 5.74) is 1.02. The van der Waals surface area contributed by atoms with E-state index in [2.05, 4.69) is 12.2 Å². The monoisotopic (exact) mass is 232 g/mol. The van der Waals surface area contributed by atoms with E-state index < -0.39 is 0 Å². The van der Waals surface area contributed by atoms with E-state index in [4.69, 9.17) is 5.26 Å². The van der Waals surface area contributed by atoms with Crippen LogP contribution in [0.25, 0.3) is 0 Å². The second-order valence-corrected chi connectivity index (χ2v) is 4.69. The Labute approximate surface area is 101 Å². The summed E-state index contributed by atoms with van der Waals surface area (Å²) in [4.78, 5) is 0. The molecule has 0 saturated heterocycles. The number of benzene rings is 1. The molecule has 0 aromatic heterocycles. The molecule has 0 heterocycles. The van der Waals surface area contributed by atoms with Gasteiger partial charge in [0.05, 0.1) is 11.6 Å². The maximum atomic E-state index is 13.6. The summed E-state index contributed by atoms with van der Waals surface area (Å²) in [5, 5.41) is 12.0. The van der Waals surface area contributed by atoms with E-state index in [-0.39, 0.29) is 5.82 Å². The van der Waals surface area contributed by atoms with Gasteiger partial charge in [0.25, 0.3) is 0 Å². The Hall–Kier alpha value is -1.40. The molecule has 1 aliphatic carbocycles. The average molecular weight is 232 g/mol. The molecule has 90 valence electrons. The molecule has 0 aliphatic heterocycles. The summed E-state index contributed by atoms with van der Waals surface area (Å²) < 4.78 is 13.6. The van der Waals surface area contributed by atoms with Crippen molar-refractivity contribution in [3.8, 4) is 6.07 Å². The third kappa shape index (κ3) is 3.04. The minimum atomic E-state index is -0.288. The van der Waals surface area contributed by atoms with E-state index in [1.807, 2.05) is 6.07 Å². The van der Waals surface area contributed by atoms with Gasteiger partial charge in [-0.1, -0.05) is 19.4 Å². The van der Waals surface area contributed by atoms with Gasteiger partial charge in [-0.05, 0) is 30.9 Å². The summed E-state index contributed by atoms with van der Waals surface area (Å²) in [5.74, 6) is 0.491. The van der Waals surface area contributed by atoms with Crippen LogP contribution in [0.15, 0.2) is 18.2 Å². The topological polar surface area (TPSA) is 35.8 Å². The normalized spacial score (nSPS) is 22.2.